The number of nitrogens with two attached hydrogens (primary N) is 1. The highest BCUT2D eigenvalue weighted by molar-refractivity contribution is 7.85. The van der Waals surface area contributed by atoms with Crippen LogP contribution in [0.5, 0.6) is 0 Å². The summed E-state index contributed by atoms with van der Waals surface area (Å²) in [6, 6.07) is 5.56. The molecule has 1 unspecified atom stereocenters. The van der Waals surface area contributed by atoms with E-state index < -0.39 is 10.8 Å². The van der Waals surface area contributed by atoms with E-state index in [1.165, 1.54) is 0 Å². The molecule has 0 radical (unpaired) electrons. The van der Waals surface area contributed by atoms with Gasteiger partial charge in [-0.1, -0.05) is 6.07 Å². The highest BCUT2D eigenvalue weighted by Gasteiger charge is 2.07. The summed E-state index contributed by atoms with van der Waals surface area (Å²) in [6.45, 7) is 4.53. The van der Waals surface area contributed by atoms with Crippen molar-refractivity contribution in [1.82, 2.24) is 0 Å². The van der Waals surface area contributed by atoms with Crippen molar-refractivity contribution in [2.24, 2.45) is 0 Å². The maximum atomic E-state index is 12.1. The highest BCUT2D eigenvalue weighted by atomic mass is 32.2. The smallest absolute Gasteiger partial charge is 0.0701 e. The lowest BCUT2D eigenvalue weighted by Crippen LogP contribution is -2.12. The van der Waals surface area contributed by atoms with E-state index in [0.29, 0.717) is 49.4 Å². The lowest BCUT2D eigenvalue weighted by Gasteiger charge is -2.08. The van der Waals surface area contributed by atoms with Crippen LogP contribution in [0.3, 0.4) is 0 Å². The molecule has 0 saturated heterocycles. The Morgan fingerprint density at radius 2 is 1.75 bits per heavy atom. The molecule has 0 spiro atoms. The van der Waals surface area contributed by atoms with Crippen molar-refractivity contribution < 1.29 is 18.4 Å². The van der Waals surface area contributed by atoms with Gasteiger partial charge in [-0.15, -0.1) is 0 Å². The minimum atomic E-state index is -1.12. The van der Waals surface area contributed by atoms with Crippen molar-refractivity contribution in [1.29, 1.82) is 0 Å². The van der Waals surface area contributed by atoms with Gasteiger partial charge in [0.15, 0.2) is 0 Å². The Morgan fingerprint density at radius 1 is 1.10 bits per heavy atom. The maximum Gasteiger partial charge on any atom is 0.0701 e. The van der Waals surface area contributed by atoms with Gasteiger partial charge in [-0.2, -0.15) is 0 Å². The quantitative estimate of drug-likeness (QED) is 0.522. The first kappa shape index (κ1) is 17.1. The molecule has 0 saturated carbocycles. The number of aryl methyl sites for hydroxylation is 1. The third-order valence-corrected chi connectivity index (χ3v) is 4.03. The second-order valence-electron chi connectivity index (χ2n) is 4.31. The summed E-state index contributed by atoms with van der Waals surface area (Å²) in [5, 5.41) is 0. The van der Waals surface area contributed by atoms with E-state index in [9.17, 15) is 4.21 Å². The number of hydrogen-bond donors (Lipinski definition) is 1. The SMILES string of the molecule is COCCOCCOCCS(=O)c1ccc(C)cc1N. The summed E-state index contributed by atoms with van der Waals surface area (Å²) in [5.74, 6) is 0.436. The average molecular weight is 301 g/mol. The van der Waals surface area contributed by atoms with Gasteiger partial charge in [0.2, 0.25) is 0 Å². The van der Waals surface area contributed by atoms with Gasteiger partial charge in [-0.05, 0) is 24.6 Å². The summed E-state index contributed by atoms with van der Waals surface area (Å²) in [6.07, 6.45) is 0. The van der Waals surface area contributed by atoms with Crippen LogP contribution in [0.4, 0.5) is 5.69 Å². The van der Waals surface area contributed by atoms with E-state index in [0.717, 1.165) is 5.56 Å². The van der Waals surface area contributed by atoms with Gasteiger partial charge < -0.3 is 19.9 Å². The van der Waals surface area contributed by atoms with Gasteiger partial charge in [-0.25, -0.2) is 0 Å². The third-order valence-electron chi connectivity index (χ3n) is 2.63. The third kappa shape index (κ3) is 6.47. The zero-order chi connectivity index (χ0) is 14.8. The van der Waals surface area contributed by atoms with E-state index in [1.807, 2.05) is 25.1 Å². The van der Waals surface area contributed by atoms with Gasteiger partial charge in [0, 0.05) is 12.8 Å². The summed E-state index contributed by atoms with van der Waals surface area (Å²) in [4.78, 5) is 0.676. The molecule has 0 bridgehead atoms. The van der Waals surface area contributed by atoms with Crippen LogP contribution in [-0.4, -0.2) is 50.1 Å². The molecular formula is C14H23NO4S. The van der Waals surface area contributed by atoms with Crippen molar-refractivity contribution >= 4 is 16.5 Å². The van der Waals surface area contributed by atoms with E-state index in [-0.39, 0.29) is 0 Å². The zero-order valence-electron chi connectivity index (χ0n) is 12.1. The Hall–Kier alpha value is -0.950. The molecule has 0 aliphatic carbocycles. The molecule has 20 heavy (non-hydrogen) atoms. The number of methoxy groups -OCH3 is 1. The van der Waals surface area contributed by atoms with Crippen LogP contribution in [0.2, 0.25) is 0 Å². The van der Waals surface area contributed by atoms with Crippen LogP contribution in [0.15, 0.2) is 23.1 Å². The highest BCUT2D eigenvalue weighted by Crippen LogP contribution is 2.17. The van der Waals surface area contributed by atoms with Crippen molar-refractivity contribution in [3.05, 3.63) is 23.8 Å². The minimum Gasteiger partial charge on any atom is -0.398 e. The van der Waals surface area contributed by atoms with Gasteiger partial charge in [0.25, 0.3) is 0 Å². The standard InChI is InChI=1S/C14H23NO4S/c1-12-3-4-14(13(15)11-12)20(16)10-9-19-8-7-18-6-5-17-2/h3-4,11H,5-10,15H2,1-2H3. The number of anilines is 1. The lowest BCUT2D eigenvalue weighted by molar-refractivity contribution is 0.0285. The Balaban J connectivity index is 2.17. The van der Waals surface area contributed by atoms with Crippen LogP contribution < -0.4 is 5.73 Å². The summed E-state index contributed by atoms with van der Waals surface area (Å²) in [7, 11) is 0.507. The monoisotopic (exact) mass is 301 g/mol. The molecule has 5 nitrogen and oxygen atoms in total. The number of nitrogen functional groups attached to an aromatic ring is 1. The van der Waals surface area contributed by atoms with Gasteiger partial charge >= 0.3 is 0 Å². The molecule has 1 aromatic rings. The number of benzene rings is 1. The molecule has 0 aliphatic heterocycles. The fraction of sp³-hybridized carbons (Fsp3) is 0.571. The summed E-state index contributed by atoms with van der Waals surface area (Å²) >= 11 is 0. The predicted octanol–water partition coefficient (Wildman–Crippen LogP) is 1.36. The van der Waals surface area contributed by atoms with Crippen molar-refractivity contribution in [2.45, 2.75) is 11.8 Å². The zero-order valence-corrected chi connectivity index (χ0v) is 12.9. The average Bonchev–Trinajstić information content (AvgIpc) is 2.41. The predicted molar refractivity (Wildman–Crippen MR) is 80.4 cm³/mol. The van der Waals surface area contributed by atoms with E-state index in [4.69, 9.17) is 19.9 Å². The molecule has 1 atom stereocenters. The number of ether oxygens (including phenoxy) is 3. The molecule has 0 heterocycles. The van der Waals surface area contributed by atoms with E-state index in [2.05, 4.69) is 0 Å². The summed E-state index contributed by atoms with van der Waals surface area (Å²) in [5.41, 5.74) is 7.49. The van der Waals surface area contributed by atoms with Gasteiger partial charge in [-0.3, -0.25) is 4.21 Å². The number of hydrogen-bond acceptors (Lipinski definition) is 5. The Labute approximate surface area is 122 Å². The first-order chi connectivity index (χ1) is 9.65. The van der Waals surface area contributed by atoms with Crippen molar-refractivity contribution in [2.75, 3.05) is 51.6 Å². The molecule has 2 N–H and O–H groups in total. The second-order valence-corrected chi connectivity index (χ2v) is 5.85. The maximum absolute atomic E-state index is 12.1. The molecule has 1 rings (SSSR count). The Kier molecular flexibility index (Phi) is 8.45. The topological polar surface area (TPSA) is 70.8 Å². The van der Waals surface area contributed by atoms with Crippen LogP contribution >= 0.6 is 0 Å². The molecule has 0 fully saturated rings. The van der Waals surface area contributed by atoms with E-state index in [1.54, 1.807) is 7.11 Å². The normalized spacial score (nSPS) is 12.5. The molecule has 0 aromatic heterocycles. The summed E-state index contributed by atoms with van der Waals surface area (Å²) < 4.78 is 27.5. The Morgan fingerprint density at radius 3 is 2.40 bits per heavy atom. The van der Waals surface area contributed by atoms with Crippen LogP contribution in [0.25, 0.3) is 0 Å². The molecule has 1 aromatic carbocycles. The molecule has 0 aliphatic rings. The van der Waals surface area contributed by atoms with Crippen LogP contribution in [0.1, 0.15) is 5.56 Å². The molecular weight excluding hydrogens is 278 g/mol. The molecule has 114 valence electrons. The van der Waals surface area contributed by atoms with Crippen molar-refractivity contribution in [3.63, 3.8) is 0 Å². The fourth-order valence-electron chi connectivity index (χ4n) is 1.58. The lowest BCUT2D eigenvalue weighted by atomic mass is 10.2. The fourth-order valence-corrected chi connectivity index (χ4v) is 2.61. The van der Waals surface area contributed by atoms with Crippen LogP contribution in [-0.2, 0) is 25.0 Å². The first-order valence-electron chi connectivity index (χ1n) is 6.54. The van der Waals surface area contributed by atoms with E-state index >= 15 is 0 Å². The first-order valence-corrected chi connectivity index (χ1v) is 7.86. The largest absolute Gasteiger partial charge is 0.398 e. The van der Waals surface area contributed by atoms with Crippen molar-refractivity contribution in [3.8, 4) is 0 Å². The van der Waals surface area contributed by atoms with Gasteiger partial charge in [0.1, 0.15) is 0 Å². The number of rotatable bonds is 10. The molecule has 0 amide bonds. The molecule has 6 heteroatoms. The minimum absolute atomic E-state index is 0.424. The van der Waals surface area contributed by atoms with Gasteiger partial charge in [0.05, 0.1) is 54.5 Å². The second kappa shape index (κ2) is 9.88. The Bertz CT molecular complexity index is 426. The van der Waals surface area contributed by atoms with Crippen LogP contribution in [0, 0.1) is 6.92 Å².